The van der Waals surface area contributed by atoms with Crippen molar-refractivity contribution in [3.63, 3.8) is 0 Å². The van der Waals surface area contributed by atoms with E-state index >= 15 is 0 Å². The van der Waals surface area contributed by atoms with Crippen molar-refractivity contribution in [3.8, 4) is 5.75 Å². The first-order chi connectivity index (χ1) is 8.63. The molecular weight excluding hydrogens is 248 g/mol. The monoisotopic (exact) mass is 264 g/mol. The molecule has 0 saturated carbocycles. The van der Waals surface area contributed by atoms with Crippen molar-refractivity contribution in [1.29, 1.82) is 0 Å². The average Bonchev–Trinajstić information content (AvgIpc) is 2.87. The summed E-state index contributed by atoms with van der Waals surface area (Å²) in [6, 6.07) is 0. The van der Waals surface area contributed by atoms with E-state index in [-0.39, 0.29) is 0 Å². The van der Waals surface area contributed by atoms with Crippen LogP contribution in [0.15, 0.2) is 17.8 Å². The zero-order chi connectivity index (χ0) is 13.1. The first-order valence-electron chi connectivity index (χ1n) is 5.70. The van der Waals surface area contributed by atoms with Gasteiger partial charge >= 0.3 is 0 Å². The van der Waals surface area contributed by atoms with Gasteiger partial charge in [-0.1, -0.05) is 0 Å². The fourth-order valence-corrected chi connectivity index (χ4v) is 2.57. The summed E-state index contributed by atoms with van der Waals surface area (Å²) < 4.78 is 5.35. The van der Waals surface area contributed by atoms with Gasteiger partial charge in [0.1, 0.15) is 16.9 Å². The zero-order valence-corrected chi connectivity index (χ0v) is 11.5. The van der Waals surface area contributed by atoms with Gasteiger partial charge < -0.3 is 9.84 Å². The molecule has 1 N–H and O–H groups in total. The molecule has 96 valence electrons. The van der Waals surface area contributed by atoms with E-state index in [1.807, 2.05) is 19.2 Å². The number of aromatic nitrogens is 2. The van der Waals surface area contributed by atoms with E-state index in [9.17, 15) is 5.11 Å². The molecule has 2 rings (SSSR count). The molecule has 0 fully saturated rings. The topological polar surface area (TPSA) is 55.2 Å². The van der Waals surface area contributed by atoms with Crippen LogP contribution >= 0.6 is 11.3 Å². The van der Waals surface area contributed by atoms with Crippen LogP contribution in [-0.4, -0.2) is 22.2 Å². The quantitative estimate of drug-likeness (QED) is 0.921. The third-order valence-corrected chi connectivity index (χ3v) is 3.75. The third-order valence-electron chi connectivity index (χ3n) is 2.87. The summed E-state index contributed by atoms with van der Waals surface area (Å²) in [6.45, 7) is 3.92. The standard InChI is InChI=1S/C13H16N2O2S/c1-8-7-15-10(9(2)12(8)17-3)6-11(16)13-14-4-5-18-13/h4-5,7,11,16H,6H2,1-3H3. The third kappa shape index (κ3) is 2.52. The van der Waals surface area contributed by atoms with Gasteiger partial charge in [-0.05, 0) is 13.8 Å². The molecular formula is C13H16N2O2S. The summed E-state index contributed by atoms with van der Waals surface area (Å²) in [6.07, 6.45) is 3.31. The van der Waals surface area contributed by atoms with Crippen molar-refractivity contribution < 1.29 is 9.84 Å². The lowest BCUT2D eigenvalue weighted by atomic mass is 10.1. The molecule has 0 radical (unpaired) electrons. The van der Waals surface area contributed by atoms with E-state index in [4.69, 9.17) is 4.74 Å². The number of nitrogens with zero attached hydrogens (tertiary/aromatic N) is 2. The second kappa shape index (κ2) is 5.46. The van der Waals surface area contributed by atoms with Gasteiger partial charge in [-0.3, -0.25) is 4.98 Å². The van der Waals surface area contributed by atoms with E-state index < -0.39 is 6.10 Å². The number of pyridine rings is 1. The van der Waals surface area contributed by atoms with Gasteiger partial charge in [-0.25, -0.2) is 4.98 Å². The smallest absolute Gasteiger partial charge is 0.128 e. The van der Waals surface area contributed by atoms with Crippen LogP contribution in [0.25, 0.3) is 0 Å². The number of thiazole rings is 1. The van der Waals surface area contributed by atoms with Crippen LogP contribution in [-0.2, 0) is 6.42 Å². The Morgan fingerprint density at radius 3 is 2.78 bits per heavy atom. The number of hydrogen-bond donors (Lipinski definition) is 1. The Morgan fingerprint density at radius 2 is 2.17 bits per heavy atom. The predicted octanol–water partition coefficient (Wildman–Crippen LogP) is 2.44. The van der Waals surface area contributed by atoms with Crippen molar-refractivity contribution in [3.05, 3.63) is 39.6 Å². The number of rotatable bonds is 4. The van der Waals surface area contributed by atoms with Crippen LogP contribution in [0, 0.1) is 13.8 Å². The molecule has 0 saturated heterocycles. The number of methoxy groups -OCH3 is 1. The highest BCUT2D eigenvalue weighted by Crippen LogP contribution is 2.27. The predicted molar refractivity (Wildman–Crippen MR) is 71.0 cm³/mol. The maximum absolute atomic E-state index is 10.1. The molecule has 1 atom stereocenters. The van der Waals surface area contributed by atoms with E-state index in [1.54, 1.807) is 19.5 Å². The fourth-order valence-electron chi connectivity index (χ4n) is 1.95. The second-order valence-corrected chi connectivity index (χ2v) is 5.06. The van der Waals surface area contributed by atoms with Gasteiger partial charge in [0, 0.05) is 41.0 Å². The molecule has 18 heavy (non-hydrogen) atoms. The summed E-state index contributed by atoms with van der Waals surface area (Å²) in [7, 11) is 1.65. The average molecular weight is 264 g/mol. The SMILES string of the molecule is COc1c(C)cnc(CC(O)c2nccs2)c1C. The highest BCUT2D eigenvalue weighted by Gasteiger charge is 2.16. The Hall–Kier alpha value is -1.46. The van der Waals surface area contributed by atoms with Crippen molar-refractivity contribution in [2.75, 3.05) is 7.11 Å². The van der Waals surface area contributed by atoms with Crippen molar-refractivity contribution in [1.82, 2.24) is 9.97 Å². The van der Waals surface area contributed by atoms with E-state index in [2.05, 4.69) is 9.97 Å². The highest BCUT2D eigenvalue weighted by molar-refractivity contribution is 7.09. The van der Waals surface area contributed by atoms with E-state index in [0.29, 0.717) is 6.42 Å². The number of aryl methyl sites for hydroxylation is 1. The molecule has 0 aliphatic heterocycles. The largest absolute Gasteiger partial charge is 0.496 e. The van der Waals surface area contributed by atoms with Gasteiger partial charge in [0.2, 0.25) is 0 Å². The molecule has 0 aliphatic carbocycles. The van der Waals surface area contributed by atoms with Crippen LogP contribution in [0.5, 0.6) is 5.75 Å². The summed E-state index contributed by atoms with van der Waals surface area (Å²) in [5, 5.41) is 12.7. The molecule has 0 spiro atoms. The molecule has 0 aromatic carbocycles. The molecule has 2 aromatic rings. The fraction of sp³-hybridized carbons (Fsp3) is 0.385. The first kappa shape index (κ1) is 13.0. The number of ether oxygens (including phenoxy) is 1. The number of hydrogen-bond acceptors (Lipinski definition) is 5. The number of aliphatic hydroxyl groups is 1. The summed E-state index contributed by atoms with van der Waals surface area (Å²) in [4.78, 5) is 8.48. The summed E-state index contributed by atoms with van der Waals surface area (Å²) in [5.41, 5.74) is 2.83. The lowest BCUT2D eigenvalue weighted by Gasteiger charge is -2.14. The normalized spacial score (nSPS) is 12.4. The van der Waals surface area contributed by atoms with Gasteiger partial charge in [-0.2, -0.15) is 0 Å². The molecule has 0 bridgehead atoms. The van der Waals surface area contributed by atoms with Gasteiger partial charge in [0.15, 0.2) is 0 Å². The van der Waals surface area contributed by atoms with E-state index in [0.717, 1.165) is 27.6 Å². The minimum atomic E-state index is -0.608. The minimum absolute atomic E-state index is 0.454. The van der Waals surface area contributed by atoms with Crippen molar-refractivity contribution in [2.45, 2.75) is 26.4 Å². The lowest BCUT2D eigenvalue weighted by Crippen LogP contribution is -2.06. The van der Waals surface area contributed by atoms with Crippen LogP contribution in [0.4, 0.5) is 0 Å². The van der Waals surface area contributed by atoms with Gasteiger partial charge in [0.05, 0.1) is 7.11 Å². The molecule has 0 aliphatic rings. The minimum Gasteiger partial charge on any atom is -0.496 e. The Morgan fingerprint density at radius 1 is 1.39 bits per heavy atom. The van der Waals surface area contributed by atoms with Crippen LogP contribution < -0.4 is 4.74 Å². The van der Waals surface area contributed by atoms with Crippen molar-refractivity contribution >= 4 is 11.3 Å². The maximum Gasteiger partial charge on any atom is 0.128 e. The van der Waals surface area contributed by atoms with Crippen molar-refractivity contribution in [2.24, 2.45) is 0 Å². The molecule has 4 nitrogen and oxygen atoms in total. The Bertz CT molecular complexity index is 526. The zero-order valence-electron chi connectivity index (χ0n) is 10.7. The summed E-state index contributed by atoms with van der Waals surface area (Å²) >= 11 is 1.45. The molecule has 2 aromatic heterocycles. The summed E-state index contributed by atoms with van der Waals surface area (Å²) in [5.74, 6) is 0.839. The highest BCUT2D eigenvalue weighted by atomic mass is 32.1. The Balaban J connectivity index is 2.24. The molecule has 5 heteroatoms. The first-order valence-corrected chi connectivity index (χ1v) is 6.58. The number of aliphatic hydroxyl groups excluding tert-OH is 1. The van der Waals surface area contributed by atoms with Gasteiger partial charge in [0.25, 0.3) is 0 Å². The van der Waals surface area contributed by atoms with E-state index in [1.165, 1.54) is 11.3 Å². The van der Waals surface area contributed by atoms with Crippen LogP contribution in [0.2, 0.25) is 0 Å². The Labute approximate surface area is 110 Å². The second-order valence-electron chi connectivity index (χ2n) is 4.14. The Kier molecular flexibility index (Phi) is 3.93. The van der Waals surface area contributed by atoms with Gasteiger partial charge in [-0.15, -0.1) is 11.3 Å². The maximum atomic E-state index is 10.1. The van der Waals surface area contributed by atoms with Crippen LogP contribution in [0.3, 0.4) is 0 Å². The van der Waals surface area contributed by atoms with Crippen LogP contribution in [0.1, 0.15) is 27.9 Å². The molecule has 1 unspecified atom stereocenters. The lowest BCUT2D eigenvalue weighted by molar-refractivity contribution is 0.176. The molecule has 2 heterocycles. The molecule has 0 amide bonds.